The molecule has 0 aliphatic rings. The number of unbranched alkanes of at least 4 members (excludes halogenated alkanes) is 11. The van der Waals surface area contributed by atoms with E-state index in [0.717, 1.165) is 25.7 Å². The molecule has 1 unspecified atom stereocenters. The standard InChI is InChI=1S/C29H48O3/c1-3-5-7-9-10-11-12-13-18-22-28(32-25-26-19-15-14-16-20-26)24-23-27(29(30)31)21-17-8-6-4-2/h14-16,19-20,23,28H,3-13,17-18,21-22,24-25H2,1-2H3,(H,30,31). The molecule has 0 saturated heterocycles. The molecule has 1 N–H and O–H groups in total. The smallest absolute Gasteiger partial charge is 0.331 e. The summed E-state index contributed by atoms with van der Waals surface area (Å²) in [7, 11) is 0. The number of ether oxygens (including phenoxy) is 1. The summed E-state index contributed by atoms with van der Waals surface area (Å²) in [5.74, 6) is -0.772. The van der Waals surface area contributed by atoms with Crippen molar-refractivity contribution in [2.75, 3.05) is 0 Å². The number of rotatable bonds is 21. The van der Waals surface area contributed by atoms with Gasteiger partial charge in [0.1, 0.15) is 0 Å². The zero-order chi connectivity index (χ0) is 23.3. The van der Waals surface area contributed by atoms with Crippen LogP contribution in [0.1, 0.15) is 122 Å². The van der Waals surface area contributed by atoms with E-state index in [4.69, 9.17) is 4.74 Å². The zero-order valence-corrected chi connectivity index (χ0v) is 20.8. The maximum atomic E-state index is 11.7. The quantitative estimate of drug-likeness (QED) is 0.152. The molecule has 1 aromatic rings. The number of carboxylic acids is 1. The van der Waals surface area contributed by atoms with Gasteiger partial charge in [0, 0.05) is 5.57 Å². The maximum absolute atomic E-state index is 11.7. The van der Waals surface area contributed by atoms with Gasteiger partial charge in [-0.3, -0.25) is 0 Å². The largest absolute Gasteiger partial charge is 0.478 e. The third-order valence-corrected chi connectivity index (χ3v) is 6.16. The lowest BCUT2D eigenvalue weighted by Gasteiger charge is -2.17. The van der Waals surface area contributed by atoms with Crippen LogP contribution in [0.3, 0.4) is 0 Å². The highest BCUT2D eigenvalue weighted by atomic mass is 16.5. The van der Waals surface area contributed by atoms with Gasteiger partial charge in [0.25, 0.3) is 0 Å². The van der Waals surface area contributed by atoms with Crippen LogP contribution in [0.15, 0.2) is 42.0 Å². The summed E-state index contributed by atoms with van der Waals surface area (Å²) in [5, 5.41) is 9.59. The van der Waals surface area contributed by atoms with E-state index in [1.165, 1.54) is 69.8 Å². The summed E-state index contributed by atoms with van der Waals surface area (Å²) in [6.07, 6.45) is 20.6. The van der Waals surface area contributed by atoms with Crippen LogP contribution in [0.4, 0.5) is 0 Å². The molecule has 3 heteroatoms. The van der Waals surface area contributed by atoms with Gasteiger partial charge in [-0.25, -0.2) is 4.79 Å². The van der Waals surface area contributed by atoms with Gasteiger partial charge in [0.15, 0.2) is 0 Å². The Morgan fingerprint density at radius 3 is 2.00 bits per heavy atom. The molecule has 0 aromatic heterocycles. The Morgan fingerprint density at radius 1 is 0.844 bits per heavy atom. The van der Waals surface area contributed by atoms with Crippen LogP contribution in [-0.4, -0.2) is 17.2 Å². The first-order chi connectivity index (χ1) is 15.7. The van der Waals surface area contributed by atoms with Crippen LogP contribution >= 0.6 is 0 Å². The van der Waals surface area contributed by atoms with Crippen LogP contribution in [-0.2, 0) is 16.1 Å². The molecule has 0 heterocycles. The van der Waals surface area contributed by atoms with Gasteiger partial charge in [0.2, 0.25) is 0 Å². The van der Waals surface area contributed by atoms with Gasteiger partial charge >= 0.3 is 5.97 Å². The van der Waals surface area contributed by atoms with Gasteiger partial charge in [-0.05, 0) is 31.2 Å². The van der Waals surface area contributed by atoms with Crippen molar-refractivity contribution in [2.45, 2.75) is 129 Å². The third-order valence-electron chi connectivity index (χ3n) is 6.16. The van der Waals surface area contributed by atoms with Crippen LogP contribution in [0.5, 0.6) is 0 Å². The molecule has 0 aliphatic carbocycles. The Kier molecular flexibility index (Phi) is 17.8. The summed E-state index contributed by atoms with van der Waals surface area (Å²) >= 11 is 0. The highest BCUT2D eigenvalue weighted by molar-refractivity contribution is 5.86. The molecule has 0 amide bonds. The van der Waals surface area contributed by atoms with Crippen molar-refractivity contribution in [3.05, 3.63) is 47.5 Å². The number of hydrogen-bond donors (Lipinski definition) is 1. The van der Waals surface area contributed by atoms with Crippen molar-refractivity contribution in [3.63, 3.8) is 0 Å². The summed E-state index contributed by atoms with van der Waals surface area (Å²) in [6, 6.07) is 10.3. The van der Waals surface area contributed by atoms with Crippen molar-refractivity contribution in [2.24, 2.45) is 0 Å². The fourth-order valence-electron chi connectivity index (χ4n) is 4.05. The maximum Gasteiger partial charge on any atom is 0.331 e. The predicted octanol–water partition coefficient (Wildman–Crippen LogP) is 8.86. The van der Waals surface area contributed by atoms with E-state index >= 15 is 0 Å². The zero-order valence-electron chi connectivity index (χ0n) is 20.8. The molecule has 1 atom stereocenters. The topological polar surface area (TPSA) is 46.5 Å². The molecule has 182 valence electrons. The Balaban J connectivity index is 2.47. The fourth-order valence-corrected chi connectivity index (χ4v) is 4.05. The van der Waals surface area contributed by atoms with Gasteiger partial charge in [-0.15, -0.1) is 0 Å². The number of carboxylic acid groups (broad SMARTS) is 1. The summed E-state index contributed by atoms with van der Waals surface area (Å²) in [4.78, 5) is 11.7. The molecule has 1 aromatic carbocycles. The molecule has 1 rings (SSSR count). The number of hydrogen-bond acceptors (Lipinski definition) is 2. The van der Waals surface area contributed by atoms with Gasteiger partial charge in [0.05, 0.1) is 12.7 Å². The van der Waals surface area contributed by atoms with E-state index in [1.807, 2.05) is 24.3 Å². The Labute approximate surface area is 197 Å². The van der Waals surface area contributed by atoms with Crippen LogP contribution < -0.4 is 0 Å². The van der Waals surface area contributed by atoms with E-state index in [0.29, 0.717) is 25.0 Å². The SMILES string of the molecule is CCCCCCCCCCCC(CC=C(CCCCCC)C(=O)O)OCc1ccccc1. The van der Waals surface area contributed by atoms with Crippen molar-refractivity contribution < 1.29 is 14.6 Å². The van der Waals surface area contributed by atoms with Crippen molar-refractivity contribution in [3.8, 4) is 0 Å². The Morgan fingerprint density at radius 2 is 1.41 bits per heavy atom. The molecule has 0 fully saturated rings. The van der Waals surface area contributed by atoms with Crippen molar-refractivity contribution in [1.82, 2.24) is 0 Å². The molecule has 0 aliphatic heterocycles. The number of aliphatic carboxylic acids is 1. The lowest BCUT2D eigenvalue weighted by Crippen LogP contribution is -2.13. The second kappa shape index (κ2) is 20.0. The minimum atomic E-state index is -0.772. The third kappa shape index (κ3) is 15.2. The minimum Gasteiger partial charge on any atom is -0.478 e. The lowest BCUT2D eigenvalue weighted by atomic mass is 10.0. The highest BCUT2D eigenvalue weighted by Gasteiger charge is 2.12. The first kappa shape index (κ1) is 28.4. The second-order valence-corrected chi connectivity index (χ2v) is 9.12. The lowest BCUT2D eigenvalue weighted by molar-refractivity contribution is -0.132. The molecular weight excluding hydrogens is 396 g/mol. The molecule has 32 heavy (non-hydrogen) atoms. The molecule has 0 bridgehead atoms. The van der Waals surface area contributed by atoms with Crippen LogP contribution in [0.25, 0.3) is 0 Å². The van der Waals surface area contributed by atoms with Crippen LogP contribution in [0, 0.1) is 0 Å². The van der Waals surface area contributed by atoms with E-state index in [2.05, 4.69) is 26.0 Å². The Bertz CT molecular complexity index is 594. The minimum absolute atomic E-state index is 0.0877. The van der Waals surface area contributed by atoms with E-state index in [9.17, 15) is 9.90 Å². The second-order valence-electron chi connectivity index (χ2n) is 9.12. The normalized spacial score (nSPS) is 12.8. The monoisotopic (exact) mass is 444 g/mol. The fraction of sp³-hybridized carbons (Fsp3) is 0.690. The van der Waals surface area contributed by atoms with Crippen molar-refractivity contribution in [1.29, 1.82) is 0 Å². The van der Waals surface area contributed by atoms with E-state index in [-0.39, 0.29) is 6.10 Å². The predicted molar refractivity (Wildman–Crippen MR) is 136 cm³/mol. The molecule has 0 saturated carbocycles. The van der Waals surface area contributed by atoms with Crippen molar-refractivity contribution >= 4 is 5.97 Å². The molecule has 0 spiro atoms. The van der Waals surface area contributed by atoms with E-state index in [1.54, 1.807) is 0 Å². The highest BCUT2D eigenvalue weighted by Crippen LogP contribution is 2.18. The summed E-state index contributed by atoms with van der Waals surface area (Å²) < 4.78 is 6.24. The molecular formula is C29H48O3. The summed E-state index contributed by atoms with van der Waals surface area (Å²) in [5.41, 5.74) is 1.73. The first-order valence-corrected chi connectivity index (χ1v) is 13.2. The number of carbonyl (C=O) groups is 1. The molecule has 3 nitrogen and oxygen atoms in total. The van der Waals surface area contributed by atoms with Crippen LogP contribution in [0.2, 0.25) is 0 Å². The summed E-state index contributed by atoms with van der Waals surface area (Å²) in [6.45, 7) is 5.03. The average molecular weight is 445 g/mol. The first-order valence-electron chi connectivity index (χ1n) is 13.2. The van der Waals surface area contributed by atoms with E-state index < -0.39 is 5.97 Å². The van der Waals surface area contributed by atoms with Gasteiger partial charge in [-0.2, -0.15) is 0 Å². The van der Waals surface area contributed by atoms with Gasteiger partial charge in [-0.1, -0.05) is 127 Å². The Hall–Kier alpha value is -1.61. The average Bonchev–Trinajstić information content (AvgIpc) is 2.80. The van der Waals surface area contributed by atoms with Gasteiger partial charge < -0.3 is 9.84 Å². The number of benzene rings is 1. The molecule has 0 radical (unpaired) electrons.